The van der Waals surface area contributed by atoms with Crippen LogP contribution in [0.15, 0.2) is 55.0 Å². The maximum absolute atomic E-state index is 4.57. The first-order valence-corrected chi connectivity index (χ1v) is 7.49. The number of benzene rings is 1. The van der Waals surface area contributed by atoms with Crippen molar-refractivity contribution < 1.29 is 0 Å². The average Bonchev–Trinajstić information content (AvgIpc) is 3.09. The number of nitrogens with zero attached hydrogens (tertiary/aromatic N) is 4. The summed E-state index contributed by atoms with van der Waals surface area (Å²) in [5.74, 6) is 0. The van der Waals surface area contributed by atoms with Gasteiger partial charge < -0.3 is 4.90 Å². The average molecular weight is 278 g/mol. The van der Waals surface area contributed by atoms with Crippen LogP contribution >= 0.6 is 0 Å². The molecule has 0 bridgehead atoms. The van der Waals surface area contributed by atoms with E-state index in [4.69, 9.17) is 0 Å². The Morgan fingerprint density at radius 2 is 1.81 bits per heavy atom. The molecule has 4 nitrogen and oxygen atoms in total. The van der Waals surface area contributed by atoms with Gasteiger partial charge in [-0.15, -0.1) is 0 Å². The lowest BCUT2D eigenvalue weighted by molar-refractivity contribution is 0.367. The van der Waals surface area contributed by atoms with Gasteiger partial charge in [0.2, 0.25) is 0 Å². The van der Waals surface area contributed by atoms with Crippen LogP contribution in [0.5, 0.6) is 0 Å². The van der Waals surface area contributed by atoms with Gasteiger partial charge in [-0.05, 0) is 31.0 Å². The predicted molar refractivity (Wildman–Crippen MR) is 84.5 cm³/mol. The molecule has 0 atom stereocenters. The van der Waals surface area contributed by atoms with Gasteiger partial charge in [0.1, 0.15) is 0 Å². The van der Waals surface area contributed by atoms with Crippen LogP contribution in [0.4, 0.5) is 5.69 Å². The second-order valence-corrected chi connectivity index (χ2v) is 5.56. The van der Waals surface area contributed by atoms with Gasteiger partial charge in [-0.2, -0.15) is 5.10 Å². The van der Waals surface area contributed by atoms with Crippen LogP contribution in [0, 0.1) is 0 Å². The Morgan fingerprint density at radius 3 is 2.62 bits per heavy atom. The quantitative estimate of drug-likeness (QED) is 0.721. The number of piperidine rings is 1. The van der Waals surface area contributed by atoms with Crippen molar-refractivity contribution in [1.29, 1.82) is 0 Å². The van der Waals surface area contributed by atoms with Gasteiger partial charge in [0, 0.05) is 37.1 Å². The number of pyridine rings is 1. The standard InChI is InChI=1S/C17H18N4/c1-4-14-5-2-9-18-17(14)16(6-1)20-12-7-15(8-13-20)21-11-3-10-19-21/h1-6,9-11,15H,7-8,12-13H2. The van der Waals surface area contributed by atoms with Gasteiger partial charge in [-0.25, -0.2) is 0 Å². The molecule has 1 saturated heterocycles. The zero-order valence-electron chi connectivity index (χ0n) is 11.9. The van der Waals surface area contributed by atoms with E-state index in [9.17, 15) is 0 Å². The molecule has 2 aromatic heterocycles. The Kier molecular flexibility index (Phi) is 3.07. The lowest BCUT2D eigenvalue weighted by Gasteiger charge is -2.34. The Hall–Kier alpha value is -2.36. The largest absolute Gasteiger partial charge is 0.370 e. The van der Waals surface area contributed by atoms with Crippen LogP contribution in [0.25, 0.3) is 10.9 Å². The summed E-state index contributed by atoms with van der Waals surface area (Å²) in [7, 11) is 0. The van der Waals surface area contributed by atoms with Crippen molar-refractivity contribution in [2.45, 2.75) is 18.9 Å². The third-order valence-corrected chi connectivity index (χ3v) is 4.32. The fraction of sp³-hybridized carbons (Fsp3) is 0.294. The molecule has 0 unspecified atom stereocenters. The number of para-hydroxylation sites is 1. The van der Waals surface area contributed by atoms with Gasteiger partial charge in [0.05, 0.1) is 17.2 Å². The van der Waals surface area contributed by atoms with E-state index in [0.717, 1.165) is 31.4 Å². The molecule has 0 spiro atoms. The molecule has 0 radical (unpaired) electrons. The Balaban J connectivity index is 1.58. The molecule has 1 aliphatic heterocycles. The minimum Gasteiger partial charge on any atom is -0.370 e. The lowest BCUT2D eigenvalue weighted by atomic mass is 10.0. The maximum Gasteiger partial charge on any atom is 0.0935 e. The molecular weight excluding hydrogens is 260 g/mol. The van der Waals surface area contributed by atoms with E-state index in [0.29, 0.717) is 6.04 Å². The molecule has 1 fully saturated rings. The SMILES string of the molecule is c1cnc2c(N3CCC(n4cccn4)CC3)cccc2c1. The smallest absolute Gasteiger partial charge is 0.0935 e. The van der Waals surface area contributed by atoms with E-state index in [-0.39, 0.29) is 0 Å². The second kappa shape index (κ2) is 5.20. The van der Waals surface area contributed by atoms with Crippen molar-refractivity contribution in [2.24, 2.45) is 0 Å². The summed E-state index contributed by atoms with van der Waals surface area (Å²) in [6.07, 6.45) is 8.07. The van der Waals surface area contributed by atoms with E-state index in [2.05, 4.69) is 50.1 Å². The monoisotopic (exact) mass is 278 g/mol. The molecule has 0 aliphatic carbocycles. The summed E-state index contributed by atoms with van der Waals surface area (Å²) in [4.78, 5) is 7.02. The predicted octanol–water partition coefficient (Wildman–Crippen LogP) is 3.27. The van der Waals surface area contributed by atoms with Crippen LogP contribution in [-0.2, 0) is 0 Å². The van der Waals surface area contributed by atoms with Gasteiger partial charge in [0.15, 0.2) is 0 Å². The fourth-order valence-electron chi connectivity index (χ4n) is 3.21. The van der Waals surface area contributed by atoms with Crippen molar-refractivity contribution in [1.82, 2.24) is 14.8 Å². The van der Waals surface area contributed by atoms with Gasteiger partial charge in [-0.3, -0.25) is 9.67 Å². The zero-order valence-corrected chi connectivity index (χ0v) is 11.9. The second-order valence-electron chi connectivity index (χ2n) is 5.56. The highest BCUT2D eigenvalue weighted by molar-refractivity contribution is 5.90. The molecule has 0 saturated carbocycles. The van der Waals surface area contributed by atoms with Crippen LogP contribution < -0.4 is 4.90 Å². The summed E-state index contributed by atoms with van der Waals surface area (Å²) < 4.78 is 2.10. The van der Waals surface area contributed by atoms with Gasteiger partial charge in [-0.1, -0.05) is 18.2 Å². The van der Waals surface area contributed by atoms with Crippen LogP contribution in [0.2, 0.25) is 0 Å². The van der Waals surface area contributed by atoms with Crippen molar-refractivity contribution in [2.75, 3.05) is 18.0 Å². The summed E-state index contributed by atoms with van der Waals surface area (Å²) in [5.41, 5.74) is 2.37. The molecular formula is C17H18N4. The molecule has 0 N–H and O–H groups in total. The number of aromatic nitrogens is 3. The highest BCUT2D eigenvalue weighted by atomic mass is 15.3. The molecule has 21 heavy (non-hydrogen) atoms. The van der Waals surface area contributed by atoms with Gasteiger partial charge >= 0.3 is 0 Å². The van der Waals surface area contributed by atoms with E-state index in [1.165, 1.54) is 11.1 Å². The maximum atomic E-state index is 4.57. The van der Waals surface area contributed by atoms with Crippen molar-refractivity contribution in [3.05, 3.63) is 55.0 Å². The van der Waals surface area contributed by atoms with Crippen molar-refractivity contribution in [3.8, 4) is 0 Å². The molecule has 0 amide bonds. The molecule has 106 valence electrons. The molecule has 4 heteroatoms. The van der Waals surface area contributed by atoms with E-state index < -0.39 is 0 Å². The van der Waals surface area contributed by atoms with E-state index in [1.54, 1.807) is 0 Å². The Labute approximate surface area is 124 Å². The number of fused-ring (bicyclic) bond motifs is 1. The van der Waals surface area contributed by atoms with Crippen LogP contribution in [-0.4, -0.2) is 27.9 Å². The number of rotatable bonds is 2. The minimum atomic E-state index is 0.527. The molecule has 1 aliphatic rings. The van der Waals surface area contributed by atoms with Crippen molar-refractivity contribution in [3.63, 3.8) is 0 Å². The Morgan fingerprint density at radius 1 is 0.952 bits per heavy atom. The first-order chi connectivity index (χ1) is 10.4. The molecule has 3 heterocycles. The first-order valence-electron chi connectivity index (χ1n) is 7.49. The van der Waals surface area contributed by atoms with E-state index in [1.807, 2.05) is 24.5 Å². The number of anilines is 1. The third kappa shape index (κ3) is 2.27. The first kappa shape index (κ1) is 12.4. The Bertz CT molecular complexity index is 722. The zero-order chi connectivity index (χ0) is 14.1. The lowest BCUT2D eigenvalue weighted by Crippen LogP contribution is -2.35. The van der Waals surface area contributed by atoms with E-state index >= 15 is 0 Å². The van der Waals surface area contributed by atoms with Crippen LogP contribution in [0.3, 0.4) is 0 Å². The summed E-state index contributed by atoms with van der Waals surface area (Å²) in [5, 5.41) is 5.59. The van der Waals surface area contributed by atoms with Crippen molar-refractivity contribution >= 4 is 16.6 Å². The number of hydrogen-bond donors (Lipinski definition) is 0. The summed E-state index contributed by atoms with van der Waals surface area (Å²) >= 11 is 0. The third-order valence-electron chi connectivity index (χ3n) is 4.32. The molecule has 3 aromatic rings. The fourth-order valence-corrected chi connectivity index (χ4v) is 3.21. The normalized spacial score (nSPS) is 16.5. The summed E-state index contributed by atoms with van der Waals surface area (Å²) in [6.45, 7) is 2.11. The molecule has 1 aromatic carbocycles. The number of hydrogen-bond acceptors (Lipinski definition) is 3. The topological polar surface area (TPSA) is 34.0 Å². The highest BCUT2D eigenvalue weighted by Gasteiger charge is 2.22. The summed E-state index contributed by atoms with van der Waals surface area (Å²) in [6, 6.07) is 13.1. The van der Waals surface area contributed by atoms with Gasteiger partial charge in [0.25, 0.3) is 0 Å². The van der Waals surface area contributed by atoms with Crippen LogP contribution in [0.1, 0.15) is 18.9 Å². The molecule has 4 rings (SSSR count). The minimum absolute atomic E-state index is 0.527. The highest BCUT2D eigenvalue weighted by Crippen LogP contribution is 2.30.